The minimum Gasteiger partial charge on any atom is -0.508 e. The van der Waals surface area contributed by atoms with Crippen LogP contribution in [0, 0.1) is 6.92 Å². The van der Waals surface area contributed by atoms with Crippen LogP contribution in [0.5, 0.6) is 5.75 Å². The van der Waals surface area contributed by atoms with E-state index in [0.717, 1.165) is 22.5 Å². The second-order valence-electron chi connectivity index (χ2n) is 5.29. The van der Waals surface area contributed by atoms with Gasteiger partial charge in [-0.1, -0.05) is 12.1 Å². The zero-order chi connectivity index (χ0) is 15.4. The number of aromatic hydroxyl groups is 1. The Balaban J connectivity index is 2.06. The monoisotopic (exact) mass is 284 g/mol. The van der Waals surface area contributed by atoms with Gasteiger partial charge in [0.1, 0.15) is 5.75 Å². The highest BCUT2D eigenvalue weighted by atomic mass is 16.3. The highest BCUT2D eigenvalue weighted by molar-refractivity contribution is 5.93. The number of anilines is 2. The maximum Gasteiger partial charge on any atom is 0.228 e. The fraction of sp³-hybridized carbons (Fsp3) is 0.235. The van der Waals surface area contributed by atoms with E-state index in [1.807, 2.05) is 50.2 Å². The van der Waals surface area contributed by atoms with Crippen LogP contribution in [0.4, 0.5) is 11.4 Å². The van der Waals surface area contributed by atoms with Crippen molar-refractivity contribution in [3.05, 3.63) is 53.6 Å². The summed E-state index contributed by atoms with van der Waals surface area (Å²) in [6.45, 7) is 1.97. The number of hydrogen-bond acceptors (Lipinski definition) is 3. The summed E-state index contributed by atoms with van der Waals surface area (Å²) < 4.78 is 0. The van der Waals surface area contributed by atoms with Gasteiger partial charge in [-0.15, -0.1) is 0 Å². The van der Waals surface area contributed by atoms with E-state index < -0.39 is 0 Å². The molecule has 0 radical (unpaired) electrons. The van der Waals surface area contributed by atoms with Crippen LogP contribution in [0.25, 0.3) is 0 Å². The molecule has 2 aromatic rings. The van der Waals surface area contributed by atoms with E-state index >= 15 is 0 Å². The second kappa shape index (κ2) is 6.31. The average Bonchev–Trinajstić information content (AvgIpc) is 2.40. The Kier molecular flexibility index (Phi) is 4.48. The number of hydrogen-bond donors (Lipinski definition) is 2. The van der Waals surface area contributed by atoms with E-state index in [2.05, 4.69) is 5.32 Å². The van der Waals surface area contributed by atoms with Gasteiger partial charge in [0.15, 0.2) is 0 Å². The van der Waals surface area contributed by atoms with Gasteiger partial charge in [0, 0.05) is 25.5 Å². The van der Waals surface area contributed by atoms with Crippen molar-refractivity contribution in [1.29, 1.82) is 0 Å². The molecule has 0 bridgehead atoms. The van der Waals surface area contributed by atoms with Crippen LogP contribution in [0.1, 0.15) is 11.1 Å². The van der Waals surface area contributed by atoms with Gasteiger partial charge >= 0.3 is 0 Å². The van der Waals surface area contributed by atoms with Gasteiger partial charge < -0.3 is 15.3 Å². The Labute approximate surface area is 125 Å². The smallest absolute Gasteiger partial charge is 0.228 e. The number of carbonyl (C=O) groups is 1. The topological polar surface area (TPSA) is 52.6 Å². The quantitative estimate of drug-likeness (QED) is 0.907. The molecule has 2 aromatic carbocycles. The number of phenols is 1. The molecule has 110 valence electrons. The number of phenolic OH excluding ortho intramolecular Hbond substituents is 1. The van der Waals surface area contributed by atoms with Gasteiger partial charge in [0.2, 0.25) is 5.91 Å². The summed E-state index contributed by atoms with van der Waals surface area (Å²) in [7, 11) is 3.96. The van der Waals surface area contributed by atoms with E-state index in [1.54, 1.807) is 18.2 Å². The maximum atomic E-state index is 12.1. The molecule has 0 spiro atoms. The number of aryl methyl sites for hydroxylation is 1. The van der Waals surface area contributed by atoms with E-state index in [9.17, 15) is 9.90 Å². The number of rotatable bonds is 4. The molecule has 0 aliphatic rings. The van der Waals surface area contributed by atoms with Crippen molar-refractivity contribution >= 4 is 17.3 Å². The SMILES string of the molecule is Cc1cc(N(C)C)ccc1NC(=O)Cc1cccc(O)c1. The van der Waals surface area contributed by atoms with Gasteiger partial charge in [0.05, 0.1) is 6.42 Å². The first kappa shape index (κ1) is 14.9. The normalized spacial score (nSPS) is 10.2. The molecule has 0 heterocycles. The zero-order valence-electron chi connectivity index (χ0n) is 12.6. The molecule has 0 aliphatic heterocycles. The van der Waals surface area contributed by atoms with Gasteiger partial charge in [-0.25, -0.2) is 0 Å². The van der Waals surface area contributed by atoms with Gasteiger partial charge in [0.25, 0.3) is 0 Å². The van der Waals surface area contributed by atoms with E-state index in [1.165, 1.54) is 0 Å². The van der Waals surface area contributed by atoms with Crippen molar-refractivity contribution in [2.45, 2.75) is 13.3 Å². The third-order valence-corrected chi connectivity index (χ3v) is 3.28. The predicted octanol–water partition coefficient (Wildman–Crippen LogP) is 2.95. The molecule has 2 rings (SSSR count). The number of benzene rings is 2. The Bertz CT molecular complexity index is 651. The van der Waals surface area contributed by atoms with Crippen molar-refractivity contribution in [3.8, 4) is 5.75 Å². The van der Waals surface area contributed by atoms with Crippen LogP contribution < -0.4 is 10.2 Å². The van der Waals surface area contributed by atoms with Crippen molar-refractivity contribution in [3.63, 3.8) is 0 Å². The second-order valence-corrected chi connectivity index (χ2v) is 5.29. The lowest BCUT2D eigenvalue weighted by molar-refractivity contribution is -0.115. The molecule has 4 nitrogen and oxygen atoms in total. The Morgan fingerprint density at radius 3 is 2.57 bits per heavy atom. The third kappa shape index (κ3) is 3.99. The lowest BCUT2D eigenvalue weighted by Gasteiger charge is -2.15. The van der Waals surface area contributed by atoms with Crippen LogP contribution >= 0.6 is 0 Å². The summed E-state index contributed by atoms with van der Waals surface area (Å²) in [5.74, 6) is 0.0770. The Morgan fingerprint density at radius 1 is 1.19 bits per heavy atom. The highest BCUT2D eigenvalue weighted by Crippen LogP contribution is 2.21. The number of carbonyl (C=O) groups excluding carboxylic acids is 1. The maximum absolute atomic E-state index is 12.1. The first-order valence-corrected chi connectivity index (χ1v) is 6.81. The zero-order valence-corrected chi connectivity index (χ0v) is 12.6. The molecule has 1 amide bonds. The highest BCUT2D eigenvalue weighted by Gasteiger charge is 2.07. The predicted molar refractivity (Wildman–Crippen MR) is 85.9 cm³/mol. The van der Waals surface area contributed by atoms with Gasteiger partial charge in [-0.05, 0) is 48.4 Å². The molecular weight excluding hydrogens is 264 g/mol. The molecule has 0 saturated carbocycles. The van der Waals surface area contributed by atoms with Crippen molar-refractivity contribution in [2.24, 2.45) is 0 Å². The molecule has 21 heavy (non-hydrogen) atoms. The van der Waals surface area contributed by atoms with Crippen LogP contribution in [-0.2, 0) is 11.2 Å². The largest absolute Gasteiger partial charge is 0.508 e. The van der Waals surface area contributed by atoms with Crippen LogP contribution in [0.15, 0.2) is 42.5 Å². The fourth-order valence-electron chi connectivity index (χ4n) is 2.11. The molecular formula is C17H20N2O2. The summed E-state index contributed by atoms with van der Waals surface area (Å²) in [6, 6.07) is 12.6. The van der Waals surface area contributed by atoms with E-state index in [-0.39, 0.29) is 18.1 Å². The first-order chi connectivity index (χ1) is 9.95. The minimum atomic E-state index is -0.0960. The lowest BCUT2D eigenvalue weighted by atomic mass is 10.1. The number of nitrogens with one attached hydrogen (secondary N) is 1. The van der Waals surface area contributed by atoms with Gasteiger partial charge in [-0.2, -0.15) is 0 Å². The first-order valence-electron chi connectivity index (χ1n) is 6.81. The fourth-order valence-corrected chi connectivity index (χ4v) is 2.11. The standard InChI is InChI=1S/C17H20N2O2/c1-12-9-14(19(2)3)7-8-16(12)18-17(21)11-13-5-4-6-15(20)10-13/h4-10,20H,11H2,1-3H3,(H,18,21). The molecule has 0 saturated heterocycles. The molecule has 0 aromatic heterocycles. The minimum absolute atomic E-state index is 0.0960. The third-order valence-electron chi connectivity index (χ3n) is 3.28. The summed E-state index contributed by atoms with van der Waals surface area (Å²) in [4.78, 5) is 14.1. The number of nitrogens with zero attached hydrogens (tertiary/aromatic N) is 1. The van der Waals surface area contributed by atoms with Crippen molar-refractivity contribution in [1.82, 2.24) is 0 Å². The molecule has 0 unspecified atom stereocenters. The summed E-state index contributed by atoms with van der Waals surface area (Å²) in [5, 5.41) is 12.3. The molecule has 0 fully saturated rings. The molecule has 0 atom stereocenters. The number of amides is 1. The summed E-state index contributed by atoms with van der Waals surface area (Å²) >= 11 is 0. The van der Waals surface area contributed by atoms with Crippen LogP contribution in [0.3, 0.4) is 0 Å². The molecule has 2 N–H and O–H groups in total. The average molecular weight is 284 g/mol. The Morgan fingerprint density at radius 2 is 1.95 bits per heavy atom. The lowest BCUT2D eigenvalue weighted by Crippen LogP contribution is -2.15. The van der Waals surface area contributed by atoms with E-state index in [0.29, 0.717) is 0 Å². The van der Waals surface area contributed by atoms with Gasteiger partial charge in [-0.3, -0.25) is 4.79 Å². The molecule has 0 aliphatic carbocycles. The Hall–Kier alpha value is -2.49. The van der Waals surface area contributed by atoms with Crippen molar-refractivity contribution in [2.75, 3.05) is 24.3 Å². The van der Waals surface area contributed by atoms with Crippen LogP contribution in [-0.4, -0.2) is 25.1 Å². The molecule has 4 heteroatoms. The van der Waals surface area contributed by atoms with Crippen molar-refractivity contribution < 1.29 is 9.90 Å². The van der Waals surface area contributed by atoms with Crippen LogP contribution in [0.2, 0.25) is 0 Å². The summed E-state index contributed by atoms with van der Waals surface area (Å²) in [6.07, 6.45) is 0.239. The van der Waals surface area contributed by atoms with E-state index in [4.69, 9.17) is 0 Å². The summed E-state index contributed by atoms with van der Waals surface area (Å²) in [5.41, 5.74) is 3.71.